The van der Waals surface area contributed by atoms with Gasteiger partial charge in [-0.2, -0.15) is 0 Å². The Hall–Kier alpha value is -0.950. The second-order valence-corrected chi connectivity index (χ2v) is 3.68. The average Bonchev–Trinajstić information content (AvgIpc) is 2.26. The lowest BCUT2D eigenvalue weighted by atomic mass is 10.1. The normalized spacial score (nSPS) is 12.9. The molecule has 0 unspecified atom stereocenters. The summed E-state index contributed by atoms with van der Waals surface area (Å²) in [7, 11) is 0. The standard InChI is InChI=1S/C10H10INO3/c11-7-1-2-10(13)8-3-5-9(6-4-8)12(14)15/h1,3-7,10,13H,2H2/b7-1+/t10-/m0/s1. The predicted molar refractivity (Wildman–Crippen MR) is 65.8 cm³/mol. The van der Waals surface area contributed by atoms with E-state index in [1.807, 2.05) is 10.2 Å². The number of nitrogens with zero attached hydrogens (tertiary/aromatic N) is 1. The Morgan fingerprint density at radius 1 is 1.47 bits per heavy atom. The molecule has 1 rings (SSSR count). The summed E-state index contributed by atoms with van der Waals surface area (Å²) >= 11 is 2.07. The molecular weight excluding hydrogens is 309 g/mol. The maximum absolute atomic E-state index is 10.4. The zero-order valence-electron chi connectivity index (χ0n) is 7.84. The van der Waals surface area contributed by atoms with E-state index in [1.165, 1.54) is 12.1 Å². The second-order valence-electron chi connectivity index (χ2n) is 2.96. The van der Waals surface area contributed by atoms with Crippen molar-refractivity contribution >= 4 is 28.3 Å². The lowest BCUT2D eigenvalue weighted by Gasteiger charge is -2.07. The highest BCUT2D eigenvalue weighted by atomic mass is 127. The molecule has 0 aliphatic carbocycles. The van der Waals surface area contributed by atoms with Crippen LogP contribution in [0.3, 0.4) is 0 Å². The predicted octanol–water partition coefficient (Wildman–Crippen LogP) is 2.97. The topological polar surface area (TPSA) is 63.4 Å². The number of benzene rings is 1. The smallest absolute Gasteiger partial charge is 0.269 e. The molecule has 0 heterocycles. The number of nitro benzene ring substituents is 1. The van der Waals surface area contributed by atoms with Gasteiger partial charge in [-0.05, 0) is 28.2 Å². The van der Waals surface area contributed by atoms with Crippen LogP contribution < -0.4 is 0 Å². The van der Waals surface area contributed by atoms with E-state index >= 15 is 0 Å². The van der Waals surface area contributed by atoms with Crippen molar-refractivity contribution in [2.75, 3.05) is 0 Å². The molecule has 0 aliphatic heterocycles. The molecule has 1 aromatic rings. The van der Waals surface area contributed by atoms with Crippen LogP contribution in [0.1, 0.15) is 18.1 Å². The van der Waals surface area contributed by atoms with E-state index in [2.05, 4.69) is 22.6 Å². The minimum Gasteiger partial charge on any atom is -0.388 e. The van der Waals surface area contributed by atoms with E-state index in [0.717, 1.165) is 0 Å². The molecule has 4 nitrogen and oxygen atoms in total. The van der Waals surface area contributed by atoms with Gasteiger partial charge >= 0.3 is 0 Å². The number of rotatable bonds is 4. The van der Waals surface area contributed by atoms with Crippen molar-refractivity contribution in [2.24, 2.45) is 0 Å². The molecule has 1 aromatic carbocycles. The van der Waals surface area contributed by atoms with Crippen LogP contribution >= 0.6 is 22.6 Å². The second kappa shape index (κ2) is 5.82. The van der Waals surface area contributed by atoms with Gasteiger partial charge < -0.3 is 5.11 Å². The third-order valence-corrected chi connectivity index (χ3v) is 2.45. The van der Waals surface area contributed by atoms with Crippen LogP contribution in [0.4, 0.5) is 5.69 Å². The van der Waals surface area contributed by atoms with Gasteiger partial charge in [0.15, 0.2) is 0 Å². The van der Waals surface area contributed by atoms with Crippen LogP contribution in [0.5, 0.6) is 0 Å². The fraction of sp³-hybridized carbons (Fsp3) is 0.200. The average molecular weight is 319 g/mol. The molecule has 1 N–H and O–H groups in total. The van der Waals surface area contributed by atoms with E-state index in [1.54, 1.807) is 12.1 Å². The molecule has 0 spiro atoms. The lowest BCUT2D eigenvalue weighted by molar-refractivity contribution is -0.384. The highest BCUT2D eigenvalue weighted by molar-refractivity contribution is 14.1. The minimum atomic E-state index is -0.600. The molecule has 0 aromatic heterocycles. The molecule has 5 heteroatoms. The summed E-state index contributed by atoms with van der Waals surface area (Å²) in [4.78, 5) is 9.93. The lowest BCUT2D eigenvalue weighted by Crippen LogP contribution is -1.96. The van der Waals surface area contributed by atoms with Crippen molar-refractivity contribution in [1.82, 2.24) is 0 Å². The van der Waals surface area contributed by atoms with Crippen molar-refractivity contribution in [3.63, 3.8) is 0 Å². The van der Waals surface area contributed by atoms with Gasteiger partial charge in [-0.15, -0.1) is 0 Å². The van der Waals surface area contributed by atoms with E-state index < -0.39 is 11.0 Å². The van der Waals surface area contributed by atoms with Crippen molar-refractivity contribution in [1.29, 1.82) is 0 Å². The first-order valence-electron chi connectivity index (χ1n) is 4.33. The molecule has 0 saturated heterocycles. The molecule has 80 valence electrons. The fourth-order valence-electron chi connectivity index (χ4n) is 1.13. The van der Waals surface area contributed by atoms with E-state index in [0.29, 0.717) is 12.0 Å². The van der Waals surface area contributed by atoms with Crippen molar-refractivity contribution in [3.8, 4) is 0 Å². The molecule has 15 heavy (non-hydrogen) atoms. The van der Waals surface area contributed by atoms with Gasteiger partial charge in [0, 0.05) is 12.1 Å². The molecule has 0 aliphatic rings. The van der Waals surface area contributed by atoms with E-state index in [4.69, 9.17) is 0 Å². The van der Waals surface area contributed by atoms with Gasteiger partial charge in [-0.25, -0.2) is 0 Å². The highest BCUT2D eigenvalue weighted by Crippen LogP contribution is 2.20. The van der Waals surface area contributed by atoms with Gasteiger partial charge in [0.2, 0.25) is 0 Å². The Labute approximate surface area is 101 Å². The van der Waals surface area contributed by atoms with Crippen LogP contribution in [-0.4, -0.2) is 10.0 Å². The molecular formula is C10H10INO3. The molecule has 1 atom stereocenters. The minimum absolute atomic E-state index is 0.0374. The largest absolute Gasteiger partial charge is 0.388 e. The van der Waals surface area contributed by atoms with Crippen LogP contribution in [0, 0.1) is 10.1 Å². The zero-order valence-corrected chi connectivity index (χ0v) is 9.99. The number of halogens is 1. The van der Waals surface area contributed by atoms with Gasteiger partial charge in [0.05, 0.1) is 11.0 Å². The Balaban J connectivity index is 2.75. The van der Waals surface area contributed by atoms with Crippen molar-refractivity contribution < 1.29 is 10.0 Å². The van der Waals surface area contributed by atoms with Gasteiger partial charge in [-0.1, -0.05) is 28.7 Å². The van der Waals surface area contributed by atoms with E-state index in [-0.39, 0.29) is 5.69 Å². The van der Waals surface area contributed by atoms with Gasteiger partial charge in [-0.3, -0.25) is 10.1 Å². The Morgan fingerprint density at radius 2 is 2.07 bits per heavy atom. The molecule has 0 saturated carbocycles. The summed E-state index contributed by atoms with van der Waals surface area (Å²) in [5.41, 5.74) is 0.727. The van der Waals surface area contributed by atoms with Crippen LogP contribution in [0.2, 0.25) is 0 Å². The number of nitro groups is 1. The number of aliphatic hydroxyl groups is 1. The van der Waals surface area contributed by atoms with Gasteiger partial charge in [0.25, 0.3) is 5.69 Å². The first-order valence-corrected chi connectivity index (χ1v) is 5.57. The summed E-state index contributed by atoms with van der Waals surface area (Å²) < 4.78 is 1.83. The summed E-state index contributed by atoms with van der Waals surface area (Å²) in [6.07, 6.45) is 1.75. The number of hydrogen-bond donors (Lipinski definition) is 1. The van der Waals surface area contributed by atoms with E-state index in [9.17, 15) is 15.2 Å². The van der Waals surface area contributed by atoms with Crippen LogP contribution in [-0.2, 0) is 0 Å². The Morgan fingerprint density at radius 3 is 2.53 bits per heavy atom. The third-order valence-electron chi connectivity index (χ3n) is 1.94. The number of aliphatic hydroxyl groups excluding tert-OH is 1. The molecule has 0 bridgehead atoms. The maximum atomic E-state index is 10.4. The Kier molecular flexibility index (Phi) is 4.70. The zero-order chi connectivity index (χ0) is 11.3. The number of non-ortho nitro benzene ring substituents is 1. The van der Waals surface area contributed by atoms with Crippen molar-refractivity contribution in [3.05, 3.63) is 50.1 Å². The Bertz CT molecular complexity index is 361. The van der Waals surface area contributed by atoms with Crippen LogP contribution in [0.25, 0.3) is 0 Å². The van der Waals surface area contributed by atoms with Gasteiger partial charge in [0.1, 0.15) is 0 Å². The third kappa shape index (κ3) is 3.60. The maximum Gasteiger partial charge on any atom is 0.269 e. The SMILES string of the molecule is O=[N+]([O-])c1ccc([C@@H](O)C/C=C/I)cc1. The quantitative estimate of drug-likeness (QED) is 0.527. The fourth-order valence-corrected chi connectivity index (χ4v) is 1.43. The highest BCUT2D eigenvalue weighted by Gasteiger charge is 2.08. The summed E-state index contributed by atoms with van der Waals surface area (Å²) in [6.45, 7) is 0. The summed E-state index contributed by atoms with van der Waals surface area (Å²) in [5.74, 6) is 0. The summed E-state index contributed by atoms with van der Waals surface area (Å²) in [5, 5.41) is 20.0. The first kappa shape index (κ1) is 12.1. The van der Waals surface area contributed by atoms with Crippen molar-refractivity contribution in [2.45, 2.75) is 12.5 Å². The monoisotopic (exact) mass is 319 g/mol. The van der Waals surface area contributed by atoms with Crippen LogP contribution in [0.15, 0.2) is 34.4 Å². The first-order chi connectivity index (χ1) is 7.15. The summed E-state index contributed by atoms with van der Waals surface area (Å²) in [6, 6.07) is 5.94. The number of hydrogen-bond acceptors (Lipinski definition) is 3. The molecule has 0 amide bonds. The molecule has 0 radical (unpaired) electrons. The molecule has 0 fully saturated rings.